The molecule has 1 unspecified atom stereocenters. The van der Waals surface area contributed by atoms with Crippen LogP contribution in [0.5, 0.6) is 0 Å². The van der Waals surface area contributed by atoms with Gasteiger partial charge >= 0.3 is 0 Å². The van der Waals surface area contributed by atoms with Gasteiger partial charge in [-0.1, -0.05) is 50.0 Å². The van der Waals surface area contributed by atoms with E-state index in [2.05, 4.69) is 46.8 Å². The first-order valence-corrected chi connectivity index (χ1v) is 14.0. The molecule has 4 rings (SSSR count). The molecule has 0 saturated heterocycles. The molecule has 0 N–H and O–H groups in total. The second-order valence-corrected chi connectivity index (χ2v) is 14.5. The van der Waals surface area contributed by atoms with E-state index in [0.29, 0.717) is 6.73 Å². The van der Waals surface area contributed by atoms with Gasteiger partial charge in [-0.15, -0.1) is 0 Å². The number of nitrogens with zero attached hydrogens (tertiary/aromatic N) is 5. The number of halogens is 1. The fraction of sp³-hybridized carbons (Fsp3) is 0.381. The van der Waals surface area contributed by atoms with Crippen LogP contribution in [0.25, 0.3) is 11.0 Å². The van der Waals surface area contributed by atoms with E-state index in [-0.39, 0.29) is 11.3 Å². The molecule has 1 aromatic carbocycles. The summed E-state index contributed by atoms with van der Waals surface area (Å²) in [4.78, 5) is 8.98. The maximum atomic E-state index is 6.30. The van der Waals surface area contributed by atoms with Crippen LogP contribution >= 0.6 is 11.6 Å². The summed E-state index contributed by atoms with van der Waals surface area (Å²) >= 11 is 6.30. The number of anilines is 1. The number of hydrazone groups is 1. The Bertz CT molecular complexity index is 1020. The van der Waals surface area contributed by atoms with Crippen LogP contribution in [0.4, 0.5) is 5.82 Å². The molecule has 1 atom stereocenters. The van der Waals surface area contributed by atoms with Crippen LogP contribution in [0.1, 0.15) is 18.0 Å². The summed E-state index contributed by atoms with van der Waals surface area (Å²) in [5, 5.41) is 7.67. The van der Waals surface area contributed by atoms with Gasteiger partial charge in [-0.25, -0.2) is 5.01 Å². The maximum absolute atomic E-state index is 6.30. The molecule has 1 aliphatic heterocycles. The van der Waals surface area contributed by atoms with Gasteiger partial charge in [-0.2, -0.15) is 15.1 Å². The molecule has 0 saturated carbocycles. The lowest BCUT2D eigenvalue weighted by Gasteiger charge is -2.23. The van der Waals surface area contributed by atoms with E-state index in [4.69, 9.17) is 16.3 Å². The predicted molar refractivity (Wildman–Crippen MR) is 121 cm³/mol. The third-order valence-corrected chi connectivity index (χ3v) is 6.90. The molecule has 3 aromatic rings. The summed E-state index contributed by atoms with van der Waals surface area (Å²) in [7, 11) is -1.11. The van der Waals surface area contributed by atoms with Crippen molar-refractivity contribution in [1.82, 2.24) is 14.5 Å². The van der Waals surface area contributed by atoms with Crippen molar-refractivity contribution in [1.29, 1.82) is 0 Å². The van der Waals surface area contributed by atoms with E-state index in [1.54, 1.807) is 0 Å². The molecule has 0 spiro atoms. The fourth-order valence-corrected chi connectivity index (χ4v) is 4.33. The van der Waals surface area contributed by atoms with Crippen molar-refractivity contribution < 1.29 is 4.74 Å². The van der Waals surface area contributed by atoms with Crippen molar-refractivity contribution in [3.05, 3.63) is 53.4 Å². The molecule has 2 aromatic heterocycles. The number of fused-ring (bicyclic) bond motifs is 1. The van der Waals surface area contributed by atoms with Crippen molar-refractivity contribution in [2.45, 2.75) is 44.9 Å². The van der Waals surface area contributed by atoms with E-state index >= 15 is 0 Å². The van der Waals surface area contributed by atoms with Crippen LogP contribution in [-0.2, 0) is 11.5 Å². The molecule has 0 amide bonds. The summed E-state index contributed by atoms with van der Waals surface area (Å²) < 4.78 is 7.89. The minimum Gasteiger partial charge on any atom is -0.361 e. The molecule has 3 heterocycles. The van der Waals surface area contributed by atoms with E-state index in [9.17, 15) is 0 Å². The molecular formula is C21H26ClN5OSi. The predicted octanol–water partition coefficient (Wildman–Crippen LogP) is 5.33. The first-order valence-electron chi connectivity index (χ1n) is 9.89. The molecule has 0 aliphatic carbocycles. The molecule has 1 aliphatic rings. The number of rotatable bonds is 7. The van der Waals surface area contributed by atoms with Crippen LogP contribution in [0.3, 0.4) is 0 Å². The largest absolute Gasteiger partial charge is 0.361 e. The van der Waals surface area contributed by atoms with Crippen LogP contribution < -0.4 is 5.01 Å². The Balaban J connectivity index is 1.61. The molecule has 29 heavy (non-hydrogen) atoms. The molecule has 0 fully saturated rings. The number of aromatic nitrogens is 3. The zero-order valence-electron chi connectivity index (χ0n) is 17.0. The molecule has 0 bridgehead atoms. The van der Waals surface area contributed by atoms with E-state index in [0.717, 1.165) is 35.9 Å². The van der Waals surface area contributed by atoms with Crippen LogP contribution in [0.2, 0.25) is 31.0 Å². The highest BCUT2D eigenvalue weighted by atomic mass is 35.5. The summed E-state index contributed by atoms with van der Waals surface area (Å²) in [6, 6.07) is 13.6. The van der Waals surface area contributed by atoms with Gasteiger partial charge in [0.05, 0.1) is 11.4 Å². The Morgan fingerprint density at radius 2 is 1.93 bits per heavy atom. The number of benzene rings is 1. The van der Waals surface area contributed by atoms with Crippen molar-refractivity contribution in [2.24, 2.45) is 5.10 Å². The van der Waals surface area contributed by atoms with Crippen LogP contribution in [0.15, 0.2) is 47.7 Å². The standard InChI is InChI=1S/C21H26ClN5OSi/c1-29(2,3)14-13-28-15-26-12-10-17-19(26)24-21(22)25-20(17)27-18(9-11-23-27)16-7-5-4-6-8-16/h4-8,10-12,18H,9,13-15H2,1-3H3. The Kier molecular flexibility index (Phi) is 5.71. The van der Waals surface area contributed by atoms with E-state index in [1.165, 1.54) is 5.56 Å². The third kappa shape index (κ3) is 4.52. The first-order chi connectivity index (χ1) is 13.9. The fourth-order valence-electron chi connectivity index (χ4n) is 3.41. The molecule has 0 radical (unpaired) electrons. The summed E-state index contributed by atoms with van der Waals surface area (Å²) in [6.45, 7) is 8.25. The quantitative estimate of drug-likeness (QED) is 0.290. The van der Waals surface area contributed by atoms with Crippen molar-refractivity contribution >= 4 is 42.7 Å². The monoisotopic (exact) mass is 427 g/mol. The molecule has 8 heteroatoms. The van der Waals surface area contributed by atoms with E-state index < -0.39 is 8.07 Å². The number of ether oxygens (including phenoxy) is 1. The second kappa shape index (κ2) is 8.26. The average molecular weight is 428 g/mol. The average Bonchev–Trinajstić information content (AvgIpc) is 3.32. The van der Waals surface area contributed by atoms with E-state index in [1.807, 2.05) is 46.3 Å². The van der Waals surface area contributed by atoms with Crippen molar-refractivity contribution in [3.8, 4) is 0 Å². The molecular weight excluding hydrogens is 402 g/mol. The highest BCUT2D eigenvalue weighted by molar-refractivity contribution is 6.76. The molecule has 152 valence electrons. The van der Waals surface area contributed by atoms with Gasteiger partial charge < -0.3 is 9.30 Å². The zero-order chi connectivity index (χ0) is 20.4. The second-order valence-electron chi connectivity index (χ2n) is 8.49. The maximum Gasteiger partial charge on any atom is 0.226 e. The minimum absolute atomic E-state index is 0.0988. The minimum atomic E-state index is -1.11. The third-order valence-electron chi connectivity index (χ3n) is 5.03. The Labute approximate surface area is 177 Å². The van der Waals surface area contributed by atoms with Gasteiger partial charge in [-0.05, 0) is 29.3 Å². The van der Waals surface area contributed by atoms with Crippen LogP contribution in [-0.4, -0.2) is 35.4 Å². The van der Waals surface area contributed by atoms with Crippen molar-refractivity contribution in [2.75, 3.05) is 11.6 Å². The van der Waals surface area contributed by atoms with Gasteiger partial charge in [0.25, 0.3) is 0 Å². The van der Waals surface area contributed by atoms with Gasteiger partial charge in [0, 0.05) is 33.5 Å². The normalized spacial score (nSPS) is 16.8. The van der Waals surface area contributed by atoms with Gasteiger partial charge in [0.1, 0.15) is 12.4 Å². The highest BCUT2D eigenvalue weighted by Gasteiger charge is 2.27. The van der Waals surface area contributed by atoms with Gasteiger partial charge in [0.2, 0.25) is 5.28 Å². The van der Waals surface area contributed by atoms with Crippen molar-refractivity contribution in [3.63, 3.8) is 0 Å². The Morgan fingerprint density at radius 3 is 2.69 bits per heavy atom. The smallest absolute Gasteiger partial charge is 0.226 e. The lowest BCUT2D eigenvalue weighted by atomic mass is 10.0. The first kappa shape index (κ1) is 20.1. The van der Waals surface area contributed by atoms with Gasteiger partial charge in [0.15, 0.2) is 5.82 Å². The summed E-state index contributed by atoms with van der Waals surface area (Å²) in [5.74, 6) is 0.725. The molecule has 6 nitrogen and oxygen atoms in total. The SMILES string of the molecule is C[Si](C)(C)CCOCn1ccc2c(N3N=CCC3c3ccccc3)nc(Cl)nc21. The lowest BCUT2D eigenvalue weighted by Crippen LogP contribution is -2.22. The topological polar surface area (TPSA) is 55.5 Å². The summed E-state index contributed by atoms with van der Waals surface area (Å²) in [6.07, 6.45) is 4.73. The lowest BCUT2D eigenvalue weighted by molar-refractivity contribution is 0.0899. The van der Waals surface area contributed by atoms with Gasteiger partial charge in [-0.3, -0.25) is 0 Å². The highest BCUT2D eigenvalue weighted by Crippen LogP contribution is 2.36. The number of hydrogen-bond acceptors (Lipinski definition) is 5. The Hall–Kier alpha value is -2.22. The zero-order valence-corrected chi connectivity index (χ0v) is 18.8. The Morgan fingerprint density at radius 1 is 1.14 bits per heavy atom. The van der Waals surface area contributed by atoms with Crippen LogP contribution in [0, 0.1) is 0 Å². The summed E-state index contributed by atoms with van der Waals surface area (Å²) in [5.41, 5.74) is 1.96. The number of hydrogen-bond donors (Lipinski definition) is 0.